The van der Waals surface area contributed by atoms with Crippen molar-refractivity contribution in [2.75, 3.05) is 6.54 Å². The standard InChI is InChI=1S/C27H22BrN5O3S/c1-16-25(37-27-30-19-5-2-3-6-20(19)33(16)27)23(34)21-22(17-7-9-18(28)10-8-17)32(26(36)24(21)35)13-4-12-31-14-11-29-15-31/h2-3,5-11,14-15,22,35H,4,12-13H2,1H3. The minimum atomic E-state index is -0.693. The van der Waals surface area contributed by atoms with Crippen molar-refractivity contribution in [1.82, 2.24) is 23.8 Å². The zero-order chi connectivity index (χ0) is 25.7. The highest BCUT2D eigenvalue weighted by Crippen LogP contribution is 2.41. The van der Waals surface area contributed by atoms with Crippen LogP contribution in [0, 0.1) is 6.92 Å². The Morgan fingerprint density at radius 3 is 2.68 bits per heavy atom. The lowest BCUT2D eigenvalue weighted by atomic mass is 9.95. The van der Waals surface area contributed by atoms with Gasteiger partial charge in [0, 0.05) is 35.6 Å². The van der Waals surface area contributed by atoms with Crippen LogP contribution in [0.25, 0.3) is 16.0 Å². The van der Waals surface area contributed by atoms with Gasteiger partial charge in [0.2, 0.25) is 5.78 Å². The molecule has 6 rings (SSSR count). The second-order valence-corrected chi connectivity index (χ2v) is 10.8. The molecule has 0 spiro atoms. The summed E-state index contributed by atoms with van der Waals surface area (Å²) >= 11 is 4.73. The highest BCUT2D eigenvalue weighted by molar-refractivity contribution is 9.10. The molecule has 3 aromatic heterocycles. The number of aliphatic hydroxyl groups is 1. The van der Waals surface area contributed by atoms with Crippen molar-refractivity contribution in [2.45, 2.75) is 25.9 Å². The number of hydrogen-bond donors (Lipinski definition) is 1. The monoisotopic (exact) mass is 575 g/mol. The molecule has 1 aliphatic rings. The molecule has 4 heterocycles. The molecule has 1 unspecified atom stereocenters. The van der Waals surface area contributed by atoms with Gasteiger partial charge in [0.05, 0.1) is 33.9 Å². The second kappa shape index (κ2) is 9.28. The van der Waals surface area contributed by atoms with E-state index in [0.717, 1.165) is 26.8 Å². The van der Waals surface area contributed by atoms with E-state index in [4.69, 9.17) is 0 Å². The Morgan fingerprint density at radius 2 is 1.92 bits per heavy atom. The maximum atomic E-state index is 14.0. The molecule has 1 atom stereocenters. The first-order valence-corrected chi connectivity index (χ1v) is 13.4. The van der Waals surface area contributed by atoms with Crippen molar-refractivity contribution in [2.24, 2.45) is 0 Å². The van der Waals surface area contributed by atoms with Crippen LogP contribution in [0.5, 0.6) is 0 Å². The maximum absolute atomic E-state index is 14.0. The number of benzene rings is 2. The average Bonchev–Trinajstić information content (AvgIpc) is 3.66. The van der Waals surface area contributed by atoms with E-state index in [1.54, 1.807) is 17.4 Å². The zero-order valence-electron chi connectivity index (χ0n) is 19.8. The van der Waals surface area contributed by atoms with Crippen LogP contribution in [0.2, 0.25) is 0 Å². The number of carbonyl (C=O) groups excluding carboxylic acids is 2. The maximum Gasteiger partial charge on any atom is 0.290 e. The van der Waals surface area contributed by atoms with Crippen LogP contribution in [0.3, 0.4) is 0 Å². The number of amides is 1. The zero-order valence-corrected chi connectivity index (χ0v) is 22.2. The SMILES string of the molecule is Cc1c(C(=O)C2=C(O)C(=O)N(CCCn3ccnc3)C2c2ccc(Br)cc2)sc2nc3ccccc3n12. The lowest BCUT2D eigenvalue weighted by Crippen LogP contribution is -2.32. The minimum Gasteiger partial charge on any atom is -0.503 e. The summed E-state index contributed by atoms with van der Waals surface area (Å²) in [5.74, 6) is -1.38. The molecule has 1 aliphatic heterocycles. The summed E-state index contributed by atoms with van der Waals surface area (Å²) in [6.45, 7) is 2.90. The number of halogens is 1. The molecule has 1 amide bonds. The first-order valence-electron chi connectivity index (χ1n) is 11.8. The van der Waals surface area contributed by atoms with Crippen LogP contribution >= 0.6 is 27.3 Å². The van der Waals surface area contributed by atoms with Gasteiger partial charge in [-0.25, -0.2) is 9.97 Å². The number of thiazole rings is 1. The van der Waals surface area contributed by atoms with Crippen molar-refractivity contribution < 1.29 is 14.7 Å². The molecule has 0 saturated carbocycles. The van der Waals surface area contributed by atoms with Gasteiger partial charge in [-0.15, -0.1) is 0 Å². The highest BCUT2D eigenvalue weighted by atomic mass is 79.9. The smallest absolute Gasteiger partial charge is 0.290 e. The van der Waals surface area contributed by atoms with Crippen LogP contribution in [-0.4, -0.2) is 47.2 Å². The van der Waals surface area contributed by atoms with Gasteiger partial charge in [0.25, 0.3) is 5.91 Å². The third-order valence-electron chi connectivity index (χ3n) is 6.70. The molecule has 0 saturated heterocycles. The van der Waals surface area contributed by atoms with Crippen molar-refractivity contribution in [3.63, 3.8) is 0 Å². The molecule has 5 aromatic rings. The van der Waals surface area contributed by atoms with Crippen molar-refractivity contribution in [3.8, 4) is 0 Å². The van der Waals surface area contributed by atoms with Gasteiger partial charge in [0.1, 0.15) is 0 Å². The van der Waals surface area contributed by atoms with Gasteiger partial charge in [-0.2, -0.15) is 0 Å². The molecule has 37 heavy (non-hydrogen) atoms. The lowest BCUT2D eigenvalue weighted by Gasteiger charge is -2.27. The summed E-state index contributed by atoms with van der Waals surface area (Å²) in [6.07, 6.45) is 5.94. The number of fused-ring (bicyclic) bond motifs is 3. The molecule has 8 nitrogen and oxygen atoms in total. The fourth-order valence-electron chi connectivity index (χ4n) is 4.95. The molecular weight excluding hydrogens is 554 g/mol. The summed E-state index contributed by atoms with van der Waals surface area (Å²) in [5.41, 5.74) is 3.37. The van der Waals surface area contributed by atoms with Crippen LogP contribution < -0.4 is 0 Å². The molecule has 0 aliphatic carbocycles. The number of para-hydroxylation sites is 2. The van der Waals surface area contributed by atoms with E-state index in [1.165, 1.54) is 11.3 Å². The Morgan fingerprint density at radius 1 is 1.14 bits per heavy atom. The van der Waals surface area contributed by atoms with Gasteiger partial charge in [-0.1, -0.05) is 51.5 Å². The Labute approximate surface area is 224 Å². The van der Waals surface area contributed by atoms with Crippen molar-refractivity contribution >= 4 is 55.0 Å². The summed E-state index contributed by atoms with van der Waals surface area (Å²) in [6, 6.07) is 14.6. The fourth-order valence-corrected chi connectivity index (χ4v) is 6.31. The molecule has 0 radical (unpaired) electrons. The van der Waals surface area contributed by atoms with Crippen LogP contribution in [0.15, 0.2) is 83.1 Å². The van der Waals surface area contributed by atoms with Gasteiger partial charge < -0.3 is 14.6 Å². The van der Waals surface area contributed by atoms with Gasteiger partial charge in [0.15, 0.2) is 10.7 Å². The third-order valence-corrected chi connectivity index (χ3v) is 8.37. The number of carbonyl (C=O) groups is 2. The number of hydrogen-bond acceptors (Lipinski definition) is 6. The van der Waals surface area contributed by atoms with Crippen LogP contribution in [0.1, 0.15) is 33.4 Å². The number of nitrogens with zero attached hydrogens (tertiary/aromatic N) is 5. The topological polar surface area (TPSA) is 92.7 Å². The van der Waals surface area contributed by atoms with E-state index in [2.05, 4.69) is 25.9 Å². The molecule has 2 aromatic carbocycles. The summed E-state index contributed by atoms with van der Waals surface area (Å²) in [4.78, 5) is 38.8. The summed E-state index contributed by atoms with van der Waals surface area (Å²) < 4.78 is 4.78. The minimum absolute atomic E-state index is 0.104. The van der Waals surface area contributed by atoms with Gasteiger partial charge >= 0.3 is 0 Å². The number of rotatable bonds is 7. The van der Waals surface area contributed by atoms with E-state index in [0.29, 0.717) is 29.3 Å². The van der Waals surface area contributed by atoms with E-state index >= 15 is 0 Å². The molecule has 186 valence electrons. The Hall–Kier alpha value is -3.76. The molecule has 0 fully saturated rings. The Balaban J connectivity index is 1.39. The number of Topliss-reactive ketones (excluding diaryl/α,β-unsaturated/α-hetero) is 1. The van der Waals surface area contributed by atoms with E-state index in [9.17, 15) is 14.7 Å². The molecule has 1 N–H and O–H groups in total. The first-order chi connectivity index (χ1) is 17.9. The number of aromatic nitrogens is 4. The molecule has 0 bridgehead atoms. The Kier molecular flexibility index (Phi) is 5.92. The number of aliphatic hydroxyl groups excluding tert-OH is 1. The molecular formula is C27H22BrN5O3S. The van der Waals surface area contributed by atoms with E-state index < -0.39 is 17.7 Å². The summed E-state index contributed by atoms with van der Waals surface area (Å²) in [7, 11) is 0. The fraction of sp³-hybridized carbons (Fsp3) is 0.185. The van der Waals surface area contributed by atoms with E-state index in [-0.39, 0.29) is 11.4 Å². The van der Waals surface area contributed by atoms with Gasteiger partial charge in [-0.3, -0.25) is 14.0 Å². The highest BCUT2D eigenvalue weighted by Gasteiger charge is 2.44. The first kappa shape index (κ1) is 23.6. The number of ketones is 1. The van der Waals surface area contributed by atoms with Crippen LogP contribution in [-0.2, 0) is 11.3 Å². The quantitative estimate of drug-likeness (QED) is 0.259. The summed E-state index contributed by atoms with van der Waals surface area (Å²) in [5, 5.41) is 11.0. The second-order valence-electron chi connectivity index (χ2n) is 8.93. The normalized spacial score (nSPS) is 16.0. The predicted molar refractivity (Wildman–Crippen MR) is 145 cm³/mol. The average molecular weight is 576 g/mol. The Bertz CT molecular complexity index is 1680. The van der Waals surface area contributed by atoms with Crippen LogP contribution in [0.4, 0.5) is 0 Å². The number of aryl methyl sites for hydroxylation is 2. The molecule has 10 heteroatoms. The van der Waals surface area contributed by atoms with E-state index in [1.807, 2.05) is 70.6 Å². The predicted octanol–water partition coefficient (Wildman–Crippen LogP) is 5.49. The number of imidazole rings is 2. The van der Waals surface area contributed by atoms with Crippen molar-refractivity contribution in [3.05, 3.63) is 99.2 Å². The van der Waals surface area contributed by atoms with Crippen molar-refractivity contribution in [1.29, 1.82) is 0 Å². The lowest BCUT2D eigenvalue weighted by molar-refractivity contribution is -0.129. The third kappa shape index (κ3) is 3.96. The van der Waals surface area contributed by atoms with Gasteiger partial charge in [-0.05, 0) is 43.2 Å². The largest absolute Gasteiger partial charge is 0.503 e.